The Hall–Kier alpha value is -3.68. The lowest BCUT2D eigenvalue weighted by atomic mass is 10.1. The van der Waals surface area contributed by atoms with Crippen LogP contribution in [-0.2, 0) is 25.5 Å². The molecule has 1 atom stereocenters. The maximum atomic E-state index is 12.4. The number of esters is 1. The fourth-order valence-corrected chi connectivity index (χ4v) is 3.62. The fraction of sp³-hybridized carbons (Fsp3) is 0.304. The first-order valence-electron chi connectivity index (χ1n) is 10.1. The van der Waals surface area contributed by atoms with Crippen LogP contribution in [0.15, 0.2) is 42.5 Å². The van der Waals surface area contributed by atoms with Gasteiger partial charge in [-0.2, -0.15) is 0 Å². The normalized spacial score (nSPS) is 17.6. The van der Waals surface area contributed by atoms with Crippen molar-refractivity contribution < 1.29 is 28.7 Å². The lowest BCUT2D eigenvalue weighted by molar-refractivity contribution is -0.147. The lowest BCUT2D eigenvalue weighted by Gasteiger charge is -2.18. The van der Waals surface area contributed by atoms with Crippen LogP contribution in [-0.4, -0.2) is 43.3 Å². The van der Waals surface area contributed by atoms with Gasteiger partial charge in [-0.25, -0.2) is 0 Å². The summed E-state index contributed by atoms with van der Waals surface area (Å²) < 4.78 is 10.5. The summed E-state index contributed by atoms with van der Waals surface area (Å²) in [5.74, 6) is -1.59. The Morgan fingerprint density at radius 2 is 1.94 bits per heavy atom. The van der Waals surface area contributed by atoms with Crippen LogP contribution in [0, 0.1) is 5.92 Å². The summed E-state index contributed by atoms with van der Waals surface area (Å²) in [6.45, 7) is 1.76. The molecule has 2 amide bonds. The quantitative estimate of drug-likeness (QED) is 0.566. The van der Waals surface area contributed by atoms with E-state index in [9.17, 15) is 19.2 Å². The molecule has 2 aliphatic heterocycles. The van der Waals surface area contributed by atoms with Crippen molar-refractivity contribution in [3.63, 3.8) is 0 Å². The van der Waals surface area contributed by atoms with Gasteiger partial charge in [-0.15, -0.1) is 0 Å². The van der Waals surface area contributed by atoms with Gasteiger partial charge in [0.25, 0.3) is 5.91 Å². The van der Waals surface area contributed by atoms with Crippen LogP contribution in [0.25, 0.3) is 0 Å². The van der Waals surface area contributed by atoms with E-state index in [4.69, 9.17) is 9.47 Å². The number of hydrogen-bond acceptors (Lipinski definition) is 6. The van der Waals surface area contributed by atoms with Gasteiger partial charge in [0.15, 0.2) is 19.0 Å². The third-order valence-corrected chi connectivity index (χ3v) is 5.39. The molecule has 2 aromatic rings. The Labute approximate surface area is 179 Å². The molecule has 4 rings (SSSR count). The van der Waals surface area contributed by atoms with E-state index in [0.717, 1.165) is 17.7 Å². The number of nitrogens with zero attached hydrogens (tertiary/aromatic N) is 1. The van der Waals surface area contributed by atoms with Gasteiger partial charge >= 0.3 is 5.97 Å². The SMILES string of the molecule is CCc1ccc(N2C[C@@H](C(=O)OCC(=O)c3ccc4c(c3)NC(=O)CO4)CC2=O)cc1. The molecule has 0 aliphatic carbocycles. The van der Waals surface area contributed by atoms with Crippen LogP contribution in [0.3, 0.4) is 0 Å². The maximum Gasteiger partial charge on any atom is 0.311 e. The number of Topliss-reactive ketones (excluding diaryl/α,β-unsaturated/α-hetero) is 1. The molecule has 1 saturated heterocycles. The van der Waals surface area contributed by atoms with E-state index in [0.29, 0.717) is 11.4 Å². The molecule has 160 valence electrons. The topological polar surface area (TPSA) is 102 Å². The van der Waals surface area contributed by atoms with Crippen LogP contribution in [0.5, 0.6) is 5.75 Å². The maximum absolute atomic E-state index is 12.4. The van der Waals surface area contributed by atoms with Crippen molar-refractivity contribution in [2.24, 2.45) is 5.92 Å². The second-order valence-electron chi connectivity index (χ2n) is 7.50. The zero-order valence-electron chi connectivity index (χ0n) is 17.1. The molecule has 31 heavy (non-hydrogen) atoms. The molecule has 8 heteroatoms. The molecule has 0 unspecified atom stereocenters. The minimum absolute atomic E-state index is 0.0464. The number of ketones is 1. The van der Waals surface area contributed by atoms with Gasteiger partial charge in [0, 0.05) is 24.2 Å². The van der Waals surface area contributed by atoms with E-state index in [1.165, 1.54) is 6.07 Å². The molecule has 0 radical (unpaired) electrons. The summed E-state index contributed by atoms with van der Waals surface area (Å²) in [6.07, 6.45) is 0.950. The van der Waals surface area contributed by atoms with Crippen molar-refractivity contribution in [2.75, 3.05) is 30.0 Å². The second kappa shape index (κ2) is 8.59. The van der Waals surface area contributed by atoms with Crippen LogP contribution in [0.4, 0.5) is 11.4 Å². The molecule has 2 heterocycles. The summed E-state index contributed by atoms with van der Waals surface area (Å²) in [4.78, 5) is 50.3. The van der Waals surface area contributed by atoms with Crippen LogP contribution in [0.1, 0.15) is 29.3 Å². The van der Waals surface area contributed by atoms with Crippen LogP contribution < -0.4 is 15.0 Å². The van der Waals surface area contributed by atoms with E-state index < -0.39 is 24.3 Å². The number of rotatable bonds is 6. The molecule has 0 spiro atoms. The van der Waals surface area contributed by atoms with Gasteiger partial charge in [-0.1, -0.05) is 19.1 Å². The number of hydrogen-bond donors (Lipinski definition) is 1. The third-order valence-electron chi connectivity index (χ3n) is 5.39. The summed E-state index contributed by atoms with van der Waals surface area (Å²) in [7, 11) is 0. The smallest absolute Gasteiger partial charge is 0.311 e. The van der Waals surface area contributed by atoms with Gasteiger partial charge in [-0.05, 0) is 42.3 Å². The van der Waals surface area contributed by atoms with Crippen LogP contribution >= 0.6 is 0 Å². The molecule has 0 bridgehead atoms. The standard InChI is InChI=1S/C23H22N2O6/c1-2-14-3-6-17(7-4-14)25-11-16(10-22(25)28)23(29)31-12-19(26)15-5-8-20-18(9-15)24-21(27)13-30-20/h3-9,16H,2,10-13H2,1H3,(H,24,27)/t16-/m0/s1. The molecule has 2 aliphatic rings. The first kappa shape index (κ1) is 20.6. The Balaban J connectivity index is 1.34. The molecular weight excluding hydrogens is 400 g/mol. The summed E-state index contributed by atoms with van der Waals surface area (Å²) in [5.41, 5.74) is 2.60. The highest BCUT2D eigenvalue weighted by atomic mass is 16.5. The first-order valence-corrected chi connectivity index (χ1v) is 10.1. The number of carbonyl (C=O) groups excluding carboxylic acids is 4. The Kier molecular flexibility index (Phi) is 5.70. The van der Waals surface area contributed by atoms with Crippen LogP contribution in [0.2, 0.25) is 0 Å². The average molecular weight is 422 g/mol. The zero-order chi connectivity index (χ0) is 22.0. The average Bonchev–Trinajstić information content (AvgIpc) is 3.18. The number of fused-ring (bicyclic) bond motifs is 1. The first-order chi connectivity index (χ1) is 14.9. The largest absolute Gasteiger partial charge is 0.482 e. The minimum Gasteiger partial charge on any atom is -0.482 e. The number of ether oxygens (including phenoxy) is 2. The molecule has 1 N–H and O–H groups in total. The predicted octanol–water partition coefficient (Wildman–Crippen LogP) is 2.36. The van der Waals surface area contributed by atoms with Gasteiger partial charge in [0.2, 0.25) is 5.91 Å². The Bertz CT molecular complexity index is 1050. The highest BCUT2D eigenvalue weighted by Gasteiger charge is 2.36. The van der Waals surface area contributed by atoms with Crippen molar-refractivity contribution in [3.05, 3.63) is 53.6 Å². The fourth-order valence-electron chi connectivity index (χ4n) is 3.62. The number of nitrogens with one attached hydrogen (secondary N) is 1. The summed E-state index contributed by atoms with van der Waals surface area (Å²) >= 11 is 0. The molecule has 2 aromatic carbocycles. The summed E-state index contributed by atoms with van der Waals surface area (Å²) in [6, 6.07) is 12.3. The van der Waals surface area contributed by atoms with Gasteiger partial charge in [-0.3, -0.25) is 19.2 Å². The monoisotopic (exact) mass is 422 g/mol. The van der Waals surface area contributed by atoms with Gasteiger partial charge in [0.05, 0.1) is 11.6 Å². The molecule has 8 nitrogen and oxygen atoms in total. The molecule has 1 fully saturated rings. The Morgan fingerprint density at radius 3 is 2.68 bits per heavy atom. The lowest BCUT2D eigenvalue weighted by Crippen LogP contribution is -2.27. The number of carbonyl (C=O) groups is 4. The van der Waals surface area contributed by atoms with Crippen molar-refractivity contribution in [2.45, 2.75) is 19.8 Å². The number of anilines is 2. The van der Waals surface area contributed by atoms with Crippen molar-refractivity contribution in [1.82, 2.24) is 0 Å². The molecule has 0 aromatic heterocycles. The van der Waals surface area contributed by atoms with E-state index in [1.54, 1.807) is 17.0 Å². The summed E-state index contributed by atoms with van der Waals surface area (Å²) in [5, 5.41) is 2.63. The van der Waals surface area contributed by atoms with Gasteiger partial charge < -0.3 is 19.7 Å². The number of benzene rings is 2. The highest BCUT2D eigenvalue weighted by Crippen LogP contribution is 2.29. The zero-order valence-corrected chi connectivity index (χ0v) is 17.1. The Morgan fingerprint density at radius 1 is 1.16 bits per heavy atom. The van der Waals surface area contributed by atoms with E-state index in [1.807, 2.05) is 24.3 Å². The molecular formula is C23H22N2O6. The molecule has 0 saturated carbocycles. The van der Waals surface area contributed by atoms with E-state index >= 15 is 0 Å². The minimum atomic E-state index is -0.623. The number of amides is 2. The van der Waals surface area contributed by atoms with E-state index in [-0.39, 0.29) is 37.0 Å². The number of aryl methyl sites for hydroxylation is 1. The van der Waals surface area contributed by atoms with Crippen molar-refractivity contribution >= 4 is 34.9 Å². The van der Waals surface area contributed by atoms with Gasteiger partial charge in [0.1, 0.15) is 5.75 Å². The second-order valence-corrected chi connectivity index (χ2v) is 7.50. The highest BCUT2D eigenvalue weighted by molar-refractivity contribution is 6.02. The van der Waals surface area contributed by atoms with Crippen molar-refractivity contribution in [1.29, 1.82) is 0 Å². The van der Waals surface area contributed by atoms with Crippen molar-refractivity contribution in [3.8, 4) is 5.75 Å². The third kappa shape index (κ3) is 4.42. The predicted molar refractivity (Wildman–Crippen MR) is 112 cm³/mol. The van der Waals surface area contributed by atoms with E-state index in [2.05, 4.69) is 12.2 Å².